The highest BCUT2D eigenvalue weighted by molar-refractivity contribution is 6.21. The van der Waals surface area contributed by atoms with Crippen molar-refractivity contribution in [2.75, 3.05) is 13.1 Å². The summed E-state index contributed by atoms with van der Waals surface area (Å²) >= 11 is 0. The summed E-state index contributed by atoms with van der Waals surface area (Å²) in [5, 5.41) is 10.4. The molecule has 124 valence electrons. The first-order valence-corrected chi connectivity index (χ1v) is 8.38. The van der Waals surface area contributed by atoms with Crippen LogP contribution in [0.4, 0.5) is 0 Å². The lowest BCUT2D eigenvalue weighted by molar-refractivity contribution is 0.0240. The summed E-state index contributed by atoms with van der Waals surface area (Å²) in [5.41, 5.74) is 0.869. The fourth-order valence-electron chi connectivity index (χ4n) is 3.75. The van der Waals surface area contributed by atoms with E-state index in [9.17, 15) is 14.7 Å². The molecule has 1 aromatic carbocycles. The summed E-state index contributed by atoms with van der Waals surface area (Å²) in [4.78, 5) is 28.1. The molecule has 5 nitrogen and oxygen atoms in total. The fraction of sp³-hybridized carbons (Fsp3) is 0.556. The second-order valence-electron chi connectivity index (χ2n) is 6.75. The third-order valence-electron chi connectivity index (χ3n) is 5.07. The first-order chi connectivity index (χ1) is 11.0. The van der Waals surface area contributed by atoms with Gasteiger partial charge in [-0.1, -0.05) is 18.6 Å². The molecule has 0 radical (unpaired) electrons. The number of β-amino-alcohol motifs (C(OH)–C–C–N with tert-alkyl or cyclic N) is 1. The van der Waals surface area contributed by atoms with Crippen molar-refractivity contribution in [3.8, 4) is 0 Å². The van der Waals surface area contributed by atoms with E-state index in [0.29, 0.717) is 29.8 Å². The van der Waals surface area contributed by atoms with Crippen LogP contribution < -0.4 is 0 Å². The molecule has 2 aliphatic heterocycles. The second-order valence-corrected chi connectivity index (χ2v) is 6.75. The predicted octanol–water partition coefficient (Wildman–Crippen LogP) is 1.91. The highest BCUT2D eigenvalue weighted by atomic mass is 16.3. The molecule has 1 fully saturated rings. The van der Waals surface area contributed by atoms with Crippen LogP contribution >= 0.6 is 0 Å². The maximum Gasteiger partial charge on any atom is 0.261 e. The maximum absolute atomic E-state index is 12.3. The quantitative estimate of drug-likeness (QED) is 0.862. The first-order valence-electron chi connectivity index (χ1n) is 8.38. The van der Waals surface area contributed by atoms with Crippen LogP contribution in [0.1, 0.15) is 53.8 Å². The van der Waals surface area contributed by atoms with Gasteiger partial charge in [0.2, 0.25) is 0 Å². The van der Waals surface area contributed by atoms with Crippen LogP contribution in [0.15, 0.2) is 24.3 Å². The van der Waals surface area contributed by atoms with Gasteiger partial charge in [-0.15, -0.1) is 0 Å². The third kappa shape index (κ3) is 3.03. The third-order valence-corrected chi connectivity index (χ3v) is 5.07. The SMILES string of the molecule is CC1CCC[C@H](C)N1C[C@@H](O)CN1C(=O)c2ccccc2C1=O. The summed E-state index contributed by atoms with van der Waals surface area (Å²) in [6, 6.07) is 7.68. The summed E-state index contributed by atoms with van der Waals surface area (Å²) in [5.74, 6) is -0.603. The standard InChI is InChI=1S/C18H24N2O3/c1-12-6-5-7-13(2)19(12)10-14(21)11-20-17(22)15-8-3-4-9-16(15)18(20)23/h3-4,8-9,12-14,21H,5-7,10-11H2,1-2H3/t12-,13?,14+/m0/s1. The topological polar surface area (TPSA) is 60.9 Å². The highest BCUT2D eigenvalue weighted by Crippen LogP contribution is 2.25. The Bertz CT molecular complexity index is 571. The number of fused-ring (bicyclic) bond motifs is 1. The van der Waals surface area contributed by atoms with Crippen LogP contribution in [0.5, 0.6) is 0 Å². The summed E-state index contributed by atoms with van der Waals surface area (Å²) in [7, 11) is 0. The van der Waals surface area contributed by atoms with Gasteiger partial charge in [0.1, 0.15) is 0 Å². The Morgan fingerprint density at radius 3 is 2.09 bits per heavy atom. The maximum atomic E-state index is 12.3. The normalized spacial score (nSPS) is 26.5. The Balaban J connectivity index is 1.66. The average molecular weight is 316 g/mol. The Kier molecular flexibility index (Phi) is 4.50. The number of benzene rings is 1. The van der Waals surface area contributed by atoms with Crippen molar-refractivity contribution in [2.24, 2.45) is 0 Å². The molecule has 0 aliphatic carbocycles. The first kappa shape index (κ1) is 16.1. The number of aliphatic hydroxyl groups excluding tert-OH is 1. The van der Waals surface area contributed by atoms with Gasteiger partial charge in [0.05, 0.1) is 23.8 Å². The van der Waals surface area contributed by atoms with E-state index < -0.39 is 6.10 Å². The van der Waals surface area contributed by atoms with E-state index >= 15 is 0 Å². The lowest BCUT2D eigenvalue weighted by Crippen LogP contribution is -2.50. The summed E-state index contributed by atoms with van der Waals surface area (Å²) in [6.45, 7) is 4.90. The minimum Gasteiger partial charge on any atom is -0.390 e. The van der Waals surface area contributed by atoms with Gasteiger partial charge in [0.25, 0.3) is 11.8 Å². The van der Waals surface area contributed by atoms with E-state index in [2.05, 4.69) is 18.7 Å². The molecule has 5 heteroatoms. The molecule has 2 amide bonds. The molecule has 0 saturated carbocycles. The Morgan fingerprint density at radius 2 is 1.57 bits per heavy atom. The number of carbonyl (C=O) groups is 2. The van der Waals surface area contributed by atoms with Gasteiger partial charge in [-0.05, 0) is 38.8 Å². The smallest absolute Gasteiger partial charge is 0.261 e. The number of nitrogens with zero attached hydrogens (tertiary/aromatic N) is 2. The zero-order chi connectivity index (χ0) is 16.6. The van der Waals surface area contributed by atoms with Crippen LogP contribution in [0, 0.1) is 0 Å². The minimum atomic E-state index is -0.722. The molecule has 3 rings (SSSR count). The highest BCUT2D eigenvalue weighted by Gasteiger charge is 2.37. The van der Waals surface area contributed by atoms with Gasteiger partial charge in [0, 0.05) is 18.6 Å². The van der Waals surface area contributed by atoms with Crippen LogP contribution in [-0.2, 0) is 0 Å². The molecule has 0 bridgehead atoms. The van der Waals surface area contributed by atoms with Crippen molar-refractivity contribution in [3.63, 3.8) is 0 Å². The van der Waals surface area contributed by atoms with Crippen molar-refractivity contribution in [1.29, 1.82) is 0 Å². The lowest BCUT2D eigenvalue weighted by Gasteiger charge is -2.40. The zero-order valence-corrected chi connectivity index (χ0v) is 13.7. The molecular formula is C18H24N2O3. The largest absolute Gasteiger partial charge is 0.390 e. The van der Waals surface area contributed by atoms with E-state index in [0.717, 1.165) is 12.8 Å². The van der Waals surface area contributed by atoms with E-state index in [4.69, 9.17) is 0 Å². The van der Waals surface area contributed by atoms with E-state index in [1.807, 2.05) is 0 Å². The number of amides is 2. The molecule has 0 spiro atoms. The van der Waals surface area contributed by atoms with Gasteiger partial charge in [-0.2, -0.15) is 0 Å². The number of piperidine rings is 1. The summed E-state index contributed by atoms with van der Waals surface area (Å²) in [6.07, 6.45) is 2.75. The van der Waals surface area contributed by atoms with Gasteiger partial charge >= 0.3 is 0 Å². The molecule has 2 aliphatic rings. The zero-order valence-electron chi connectivity index (χ0n) is 13.7. The van der Waals surface area contributed by atoms with Gasteiger partial charge in [-0.25, -0.2) is 0 Å². The second kappa shape index (κ2) is 6.42. The Labute approximate surface area is 136 Å². The van der Waals surface area contributed by atoms with Crippen molar-refractivity contribution in [3.05, 3.63) is 35.4 Å². The molecule has 3 atom stereocenters. The van der Waals surface area contributed by atoms with Crippen LogP contribution in [0.3, 0.4) is 0 Å². The predicted molar refractivity (Wildman–Crippen MR) is 87.3 cm³/mol. The molecule has 1 saturated heterocycles. The Morgan fingerprint density at radius 1 is 1.04 bits per heavy atom. The Hall–Kier alpha value is -1.72. The van der Waals surface area contributed by atoms with E-state index in [1.54, 1.807) is 24.3 Å². The molecule has 1 unspecified atom stereocenters. The number of imide groups is 1. The molecule has 2 heterocycles. The number of likely N-dealkylation sites (tertiary alicyclic amines) is 1. The van der Waals surface area contributed by atoms with Gasteiger partial charge in [-0.3, -0.25) is 19.4 Å². The molecule has 1 aromatic rings. The monoisotopic (exact) mass is 316 g/mol. The van der Waals surface area contributed by atoms with Crippen molar-refractivity contribution < 1.29 is 14.7 Å². The van der Waals surface area contributed by atoms with Crippen LogP contribution in [-0.4, -0.2) is 58.0 Å². The van der Waals surface area contributed by atoms with E-state index in [1.165, 1.54) is 11.3 Å². The molecule has 23 heavy (non-hydrogen) atoms. The van der Waals surface area contributed by atoms with E-state index in [-0.39, 0.29) is 18.4 Å². The molecule has 0 aromatic heterocycles. The number of rotatable bonds is 4. The average Bonchev–Trinajstić information content (AvgIpc) is 2.77. The lowest BCUT2D eigenvalue weighted by atomic mass is 9.97. The van der Waals surface area contributed by atoms with Crippen LogP contribution in [0.2, 0.25) is 0 Å². The van der Waals surface area contributed by atoms with Crippen molar-refractivity contribution >= 4 is 11.8 Å². The number of hydrogen-bond acceptors (Lipinski definition) is 4. The number of aliphatic hydroxyl groups is 1. The molecular weight excluding hydrogens is 292 g/mol. The van der Waals surface area contributed by atoms with Crippen molar-refractivity contribution in [2.45, 2.75) is 51.3 Å². The van der Waals surface area contributed by atoms with Crippen LogP contribution in [0.25, 0.3) is 0 Å². The molecule has 1 N–H and O–H groups in total. The van der Waals surface area contributed by atoms with Gasteiger partial charge in [0.15, 0.2) is 0 Å². The fourth-order valence-corrected chi connectivity index (χ4v) is 3.75. The van der Waals surface area contributed by atoms with Crippen molar-refractivity contribution in [1.82, 2.24) is 9.80 Å². The minimum absolute atomic E-state index is 0.0578. The summed E-state index contributed by atoms with van der Waals surface area (Å²) < 4.78 is 0. The number of hydrogen-bond donors (Lipinski definition) is 1. The van der Waals surface area contributed by atoms with Gasteiger partial charge < -0.3 is 5.11 Å². The number of carbonyl (C=O) groups excluding carboxylic acids is 2.